The predicted molar refractivity (Wildman–Crippen MR) is 73.1 cm³/mol. The number of amides is 2. The zero-order valence-corrected chi connectivity index (χ0v) is 11.5. The van der Waals surface area contributed by atoms with Crippen molar-refractivity contribution in [1.82, 2.24) is 20.0 Å². The first-order valence-corrected chi connectivity index (χ1v) is 6.94. The normalized spacial score (nSPS) is 23.6. The second-order valence-electron chi connectivity index (χ2n) is 5.60. The van der Waals surface area contributed by atoms with Crippen molar-refractivity contribution in [2.75, 3.05) is 18.4 Å². The average molecular weight is 263 g/mol. The van der Waals surface area contributed by atoms with Gasteiger partial charge in [-0.05, 0) is 26.2 Å². The summed E-state index contributed by atoms with van der Waals surface area (Å²) in [4.78, 5) is 14.4. The second-order valence-corrected chi connectivity index (χ2v) is 5.60. The molecule has 1 aromatic heterocycles. The molecule has 0 radical (unpaired) electrons. The fraction of sp³-hybridized carbons (Fsp3) is 0.692. The van der Waals surface area contributed by atoms with Gasteiger partial charge < -0.3 is 5.32 Å². The van der Waals surface area contributed by atoms with Gasteiger partial charge in [0.1, 0.15) is 5.82 Å². The van der Waals surface area contributed by atoms with Crippen LogP contribution in [0.4, 0.5) is 10.6 Å². The molecule has 1 saturated carbocycles. The molecule has 6 nitrogen and oxygen atoms in total. The Bertz CT molecular complexity index is 479. The topological polar surface area (TPSA) is 62.2 Å². The number of carbonyl (C=O) groups is 1. The van der Waals surface area contributed by atoms with Gasteiger partial charge in [-0.3, -0.25) is 14.9 Å². The Balaban J connectivity index is 1.50. The van der Waals surface area contributed by atoms with Gasteiger partial charge in [-0.15, -0.1) is 0 Å². The monoisotopic (exact) mass is 263 g/mol. The van der Waals surface area contributed by atoms with Crippen molar-refractivity contribution in [3.8, 4) is 0 Å². The summed E-state index contributed by atoms with van der Waals surface area (Å²) in [6.45, 7) is 4.01. The summed E-state index contributed by atoms with van der Waals surface area (Å²) in [5, 5.41) is 10.1. The Kier molecular flexibility index (Phi) is 3.18. The first kappa shape index (κ1) is 12.5. The van der Waals surface area contributed by atoms with Crippen LogP contribution in [0.25, 0.3) is 0 Å². The molecule has 2 heterocycles. The number of hydrogen-bond acceptors (Lipinski definition) is 3. The van der Waals surface area contributed by atoms with Crippen molar-refractivity contribution in [2.45, 2.75) is 38.3 Å². The van der Waals surface area contributed by atoms with E-state index in [0.717, 1.165) is 37.1 Å². The van der Waals surface area contributed by atoms with Gasteiger partial charge in [-0.1, -0.05) is 0 Å². The van der Waals surface area contributed by atoms with Crippen molar-refractivity contribution >= 4 is 11.8 Å². The van der Waals surface area contributed by atoms with Crippen molar-refractivity contribution in [1.29, 1.82) is 0 Å². The Labute approximate surface area is 113 Å². The summed E-state index contributed by atoms with van der Waals surface area (Å²) >= 11 is 0. The van der Waals surface area contributed by atoms with Crippen LogP contribution in [0.2, 0.25) is 0 Å². The van der Waals surface area contributed by atoms with E-state index in [2.05, 4.69) is 20.6 Å². The number of nitrogens with zero attached hydrogens (tertiary/aromatic N) is 3. The van der Waals surface area contributed by atoms with Crippen LogP contribution >= 0.6 is 0 Å². The summed E-state index contributed by atoms with van der Waals surface area (Å²) in [5.74, 6) is 0.729. The van der Waals surface area contributed by atoms with E-state index in [-0.39, 0.29) is 12.1 Å². The zero-order chi connectivity index (χ0) is 13.4. The fourth-order valence-corrected chi connectivity index (χ4v) is 2.74. The van der Waals surface area contributed by atoms with E-state index >= 15 is 0 Å². The van der Waals surface area contributed by atoms with E-state index in [1.807, 2.05) is 20.0 Å². The van der Waals surface area contributed by atoms with Crippen molar-refractivity contribution in [3.05, 3.63) is 11.8 Å². The minimum absolute atomic E-state index is 0.134. The fourth-order valence-electron chi connectivity index (χ4n) is 2.74. The molecule has 1 aliphatic heterocycles. The molecule has 6 heteroatoms. The van der Waals surface area contributed by atoms with Crippen LogP contribution in [0, 0.1) is 6.92 Å². The quantitative estimate of drug-likeness (QED) is 0.858. The third-order valence-corrected chi connectivity index (χ3v) is 3.86. The van der Waals surface area contributed by atoms with E-state index in [9.17, 15) is 4.79 Å². The summed E-state index contributed by atoms with van der Waals surface area (Å²) in [5.41, 5.74) is 0.901. The van der Waals surface area contributed by atoms with Crippen LogP contribution in [-0.4, -0.2) is 45.9 Å². The van der Waals surface area contributed by atoms with Crippen LogP contribution in [0.1, 0.15) is 25.0 Å². The molecule has 0 spiro atoms. The summed E-state index contributed by atoms with van der Waals surface area (Å²) in [6.07, 6.45) is 3.70. The molecule has 2 fully saturated rings. The minimum atomic E-state index is -0.134. The molecule has 0 unspecified atom stereocenters. The van der Waals surface area contributed by atoms with Crippen LogP contribution in [0.3, 0.4) is 0 Å². The average Bonchev–Trinajstić information content (AvgIpc) is 3.01. The number of likely N-dealkylation sites (tertiary alicyclic amines) is 1. The number of aromatic nitrogens is 2. The highest BCUT2D eigenvalue weighted by Crippen LogP contribution is 2.29. The Morgan fingerprint density at radius 2 is 2.21 bits per heavy atom. The van der Waals surface area contributed by atoms with Gasteiger partial charge in [-0.2, -0.15) is 5.10 Å². The largest absolute Gasteiger partial charge is 0.334 e. The SMILES string of the molecule is Cc1cc(NC(=O)N[C@H]2CCN(C3CC3)C2)n(C)n1. The molecular weight excluding hydrogens is 242 g/mol. The molecule has 0 aromatic carbocycles. The lowest BCUT2D eigenvalue weighted by Gasteiger charge is -2.16. The third kappa shape index (κ3) is 2.89. The molecule has 2 aliphatic rings. The summed E-state index contributed by atoms with van der Waals surface area (Å²) in [6, 6.07) is 2.79. The van der Waals surface area contributed by atoms with E-state index in [4.69, 9.17) is 0 Å². The van der Waals surface area contributed by atoms with Crippen molar-refractivity contribution in [2.24, 2.45) is 7.05 Å². The maximum atomic E-state index is 11.9. The number of urea groups is 1. The molecule has 2 amide bonds. The van der Waals surface area contributed by atoms with Crippen molar-refractivity contribution in [3.63, 3.8) is 0 Å². The Morgan fingerprint density at radius 1 is 1.42 bits per heavy atom. The number of rotatable bonds is 3. The van der Waals surface area contributed by atoms with E-state index in [1.165, 1.54) is 12.8 Å². The van der Waals surface area contributed by atoms with Gasteiger partial charge in [0.15, 0.2) is 0 Å². The smallest absolute Gasteiger partial charge is 0.320 e. The summed E-state index contributed by atoms with van der Waals surface area (Å²) in [7, 11) is 1.83. The Morgan fingerprint density at radius 3 is 2.84 bits per heavy atom. The molecule has 3 rings (SSSR count). The molecule has 104 valence electrons. The first-order valence-electron chi connectivity index (χ1n) is 6.94. The van der Waals surface area contributed by atoms with Gasteiger partial charge in [0.2, 0.25) is 0 Å². The lowest BCUT2D eigenvalue weighted by Crippen LogP contribution is -2.40. The molecule has 19 heavy (non-hydrogen) atoms. The van der Waals surface area contributed by atoms with Gasteiger partial charge >= 0.3 is 6.03 Å². The number of aryl methyl sites for hydroxylation is 2. The van der Waals surface area contributed by atoms with E-state index < -0.39 is 0 Å². The van der Waals surface area contributed by atoms with Gasteiger partial charge in [0.25, 0.3) is 0 Å². The van der Waals surface area contributed by atoms with Crippen LogP contribution < -0.4 is 10.6 Å². The highest BCUT2D eigenvalue weighted by molar-refractivity contribution is 5.88. The minimum Gasteiger partial charge on any atom is -0.334 e. The highest BCUT2D eigenvalue weighted by atomic mass is 16.2. The van der Waals surface area contributed by atoms with Crippen LogP contribution in [0.15, 0.2) is 6.07 Å². The molecule has 1 aromatic rings. The molecule has 1 atom stereocenters. The molecular formula is C13H21N5O. The van der Waals surface area contributed by atoms with E-state index in [0.29, 0.717) is 0 Å². The maximum absolute atomic E-state index is 11.9. The lowest BCUT2D eigenvalue weighted by atomic mass is 10.3. The standard InChI is InChI=1S/C13H21N5O/c1-9-7-12(17(2)16-9)15-13(19)14-10-5-6-18(8-10)11-3-4-11/h7,10-11H,3-6,8H2,1-2H3,(H2,14,15,19)/t10-/m0/s1. The number of hydrogen-bond donors (Lipinski definition) is 2. The van der Waals surface area contributed by atoms with Crippen molar-refractivity contribution < 1.29 is 4.79 Å². The number of nitrogens with one attached hydrogen (secondary N) is 2. The predicted octanol–water partition coefficient (Wildman–Crippen LogP) is 1.09. The molecule has 1 aliphatic carbocycles. The highest BCUT2D eigenvalue weighted by Gasteiger charge is 2.34. The maximum Gasteiger partial charge on any atom is 0.320 e. The number of anilines is 1. The molecule has 1 saturated heterocycles. The second kappa shape index (κ2) is 4.85. The van der Waals surface area contributed by atoms with Gasteiger partial charge in [-0.25, -0.2) is 4.79 Å². The number of carbonyl (C=O) groups excluding carboxylic acids is 1. The summed E-state index contributed by atoms with van der Waals surface area (Å²) < 4.78 is 1.68. The van der Waals surface area contributed by atoms with E-state index in [1.54, 1.807) is 4.68 Å². The molecule has 2 N–H and O–H groups in total. The lowest BCUT2D eigenvalue weighted by molar-refractivity contribution is 0.247. The Hall–Kier alpha value is -1.56. The third-order valence-electron chi connectivity index (χ3n) is 3.86. The first-order chi connectivity index (χ1) is 9.11. The van der Waals surface area contributed by atoms with Crippen LogP contribution in [-0.2, 0) is 7.05 Å². The van der Waals surface area contributed by atoms with Gasteiger partial charge in [0.05, 0.1) is 5.69 Å². The van der Waals surface area contributed by atoms with Gasteiger partial charge in [0, 0.05) is 38.3 Å². The van der Waals surface area contributed by atoms with Crippen LogP contribution in [0.5, 0.6) is 0 Å². The molecule has 0 bridgehead atoms. The zero-order valence-electron chi connectivity index (χ0n) is 11.5.